The molecule has 0 amide bonds. The number of nitrogens with one attached hydrogen (secondary N) is 1. The van der Waals surface area contributed by atoms with Gasteiger partial charge in [0.1, 0.15) is 0 Å². The molecular formula is C17H18N2O. The van der Waals surface area contributed by atoms with Gasteiger partial charge < -0.3 is 10.4 Å². The number of nitrogens with zero attached hydrogens (tertiary/aromatic N) is 1. The summed E-state index contributed by atoms with van der Waals surface area (Å²) in [4.78, 5) is 0. The summed E-state index contributed by atoms with van der Waals surface area (Å²) in [6.07, 6.45) is 0.681. The Morgan fingerprint density at radius 1 is 1.05 bits per heavy atom. The summed E-state index contributed by atoms with van der Waals surface area (Å²) in [5, 5.41) is 21.4. The average Bonchev–Trinajstić information content (AvgIpc) is 2.53. The summed E-state index contributed by atoms with van der Waals surface area (Å²) in [6, 6.07) is 19.9. The van der Waals surface area contributed by atoms with Crippen LogP contribution in [0.1, 0.15) is 29.2 Å². The van der Waals surface area contributed by atoms with Crippen molar-refractivity contribution in [1.29, 1.82) is 5.26 Å². The predicted molar refractivity (Wildman–Crippen MR) is 78.9 cm³/mol. The standard InChI is InChI=1S/C17H18N2O/c18-12-14-6-8-15(9-7-14)13-19-17(10-11-20)16-4-2-1-3-5-16/h1-9,17,19-20H,10-11,13H2/t17-/m1/s1. The Bertz CT molecular complexity index is 558. The van der Waals surface area contributed by atoms with Crippen LogP contribution < -0.4 is 5.32 Å². The van der Waals surface area contributed by atoms with Crippen LogP contribution in [0.3, 0.4) is 0 Å². The van der Waals surface area contributed by atoms with Crippen LogP contribution in [0.25, 0.3) is 0 Å². The monoisotopic (exact) mass is 266 g/mol. The molecule has 2 N–H and O–H groups in total. The van der Waals surface area contributed by atoms with Gasteiger partial charge in [-0.05, 0) is 29.7 Å². The highest BCUT2D eigenvalue weighted by atomic mass is 16.3. The molecule has 0 bridgehead atoms. The maximum absolute atomic E-state index is 9.19. The molecule has 0 fully saturated rings. The molecular weight excluding hydrogens is 248 g/mol. The van der Waals surface area contributed by atoms with Crippen LogP contribution in [0.4, 0.5) is 0 Å². The molecule has 3 nitrogen and oxygen atoms in total. The van der Waals surface area contributed by atoms with Gasteiger partial charge >= 0.3 is 0 Å². The van der Waals surface area contributed by atoms with E-state index in [1.54, 1.807) is 0 Å². The normalized spacial score (nSPS) is 11.8. The second-order valence-corrected chi connectivity index (χ2v) is 4.67. The fourth-order valence-electron chi connectivity index (χ4n) is 2.14. The van der Waals surface area contributed by atoms with Gasteiger partial charge in [-0.3, -0.25) is 0 Å². The Balaban J connectivity index is 2.00. The van der Waals surface area contributed by atoms with Crippen molar-refractivity contribution < 1.29 is 5.11 Å². The molecule has 0 aromatic heterocycles. The highest BCUT2D eigenvalue weighted by Crippen LogP contribution is 2.17. The van der Waals surface area contributed by atoms with Crippen molar-refractivity contribution in [2.75, 3.05) is 6.61 Å². The van der Waals surface area contributed by atoms with Crippen LogP contribution in [0.5, 0.6) is 0 Å². The van der Waals surface area contributed by atoms with E-state index in [1.807, 2.05) is 42.5 Å². The SMILES string of the molecule is N#Cc1ccc(CN[C@H](CCO)c2ccccc2)cc1. The van der Waals surface area contributed by atoms with Crippen molar-refractivity contribution in [2.45, 2.75) is 19.0 Å². The zero-order valence-corrected chi connectivity index (χ0v) is 11.3. The lowest BCUT2D eigenvalue weighted by Crippen LogP contribution is -2.21. The van der Waals surface area contributed by atoms with E-state index < -0.39 is 0 Å². The number of hydrogen-bond acceptors (Lipinski definition) is 3. The predicted octanol–water partition coefficient (Wildman–Crippen LogP) is 2.77. The minimum atomic E-state index is 0.136. The van der Waals surface area contributed by atoms with E-state index in [1.165, 1.54) is 5.56 Å². The maximum atomic E-state index is 9.19. The van der Waals surface area contributed by atoms with Crippen LogP contribution in [0, 0.1) is 11.3 Å². The van der Waals surface area contributed by atoms with Crippen molar-refractivity contribution in [3.05, 3.63) is 71.3 Å². The molecule has 20 heavy (non-hydrogen) atoms. The zero-order valence-electron chi connectivity index (χ0n) is 11.3. The van der Waals surface area contributed by atoms with Gasteiger partial charge in [0.05, 0.1) is 11.6 Å². The minimum Gasteiger partial charge on any atom is -0.396 e. The van der Waals surface area contributed by atoms with E-state index in [9.17, 15) is 5.11 Å². The summed E-state index contributed by atoms with van der Waals surface area (Å²) >= 11 is 0. The van der Waals surface area contributed by atoms with Crippen LogP contribution in [0.15, 0.2) is 54.6 Å². The molecule has 0 heterocycles. The van der Waals surface area contributed by atoms with Crippen molar-refractivity contribution >= 4 is 0 Å². The molecule has 2 aromatic rings. The van der Waals surface area contributed by atoms with E-state index in [4.69, 9.17) is 5.26 Å². The molecule has 2 aromatic carbocycles. The van der Waals surface area contributed by atoms with Gasteiger partial charge in [0.15, 0.2) is 0 Å². The molecule has 3 heteroatoms. The van der Waals surface area contributed by atoms with Crippen LogP contribution in [-0.4, -0.2) is 11.7 Å². The molecule has 1 atom stereocenters. The van der Waals surface area contributed by atoms with Gasteiger partial charge in [-0.2, -0.15) is 5.26 Å². The number of aliphatic hydroxyl groups excluding tert-OH is 1. The van der Waals surface area contributed by atoms with Crippen molar-refractivity contribution in [3.63, 3.8) is 0 Å². The number of aliphatic hydroxyl groups is 1. The van der Waals surface area contributed by atoms with Gasteiger partial charge in [0.25, 0.3) is 0 Å². The first kappa shape index (κ1) is 14.3. The largest absolute Gasteiger partial charge is 0.396 e. The van der Waals surface area contributed by atoms with Crippen LogP contribution >= 0.6 is 0 Å². The Labute approximate surface area is 119 Å². The molecule has 0 saturated carbocycles. The van der Waals surface area contributed by atoms with Crippen molar-refractivity contribution in [2.24, 2.45) is 0 Å². The smallest absolute Gasteiger partial charge is 0.0991 e. The number of nitriles is 1. The second-order valence-electron chi connectivity index (χ2n) is 4.67. The molecule has 0 aliphatic heterocycles. The quantitative estimate of drug-likeness (QED) is 0.845. The molecule has 0 unspecified atom stereocenters. The molecule has 0 aliphatic rings. The Kier molecular flexibility index (Phi) is 5.31. The number of rotatable bonds is 6. The zero-order chi connectivity index (χ0) is 14.2. The summed E-state index contributed by atoms with van der Waals surface area (Å²) in [6.45, 7) is 0.866. The lowest BCUT2D eigenvalue weighted by atomic mass is 10.0. The summed E-state index contributed by atoms with van der Waals surface area (Å²) in [5.74, 6) is 0. The third kappa shape index (κ3) is 3.92. The highest BCUT2D eigenvalue weighted by molar-refractivity contribution is 5.31. The van der Waals surface area contributed by atoms with E-state index in [-0.39, 0.29) is 12.6 Å². The van der Waals surface area contributed by atoms with E-state index in [2.05, 4.69) is 23.5 Å². The summed E-state index contributed by atoms with van der Waals surface area (Å²) in [7, 11) is 0. The van der Waals surface area contributed by atoms with Crippen LogP contribution in [0.2, 0.25) is 0 Å². The first-order valence-corrected chi connectivity index (χ1v) is 6.71. The molecule has 102 valence electrons. The Morgan fingerprint density at radius 3 is 2.35 bits per heavy atom. The number of benzene rings is 2. The minimum absolute atomic E-state index is 0.136. The van der Waals surface area contributed by atoms with Crippen molar-refractivity contribution in [1.82, 2.24) is 5.32 Å². The second kappa shape index (κ2) is 7.44. The fourth-order valence-corrected chi connectivity index (χ4v) is 2.14. The van der Waals surface area contributed by atoms with Crippen LogP contribution in [-0.2, 0) is 6.54 Å². The van der Waals surface area contributed by atoms with Crippen molar-refractivity contribution in [3.8, 4) is 6.07 Å². The molecule has 0 radical (unpaired) electrons. The van der Waals surface area contributed by atoms with Gasteiger partial charge in [-0.1, -0.05) is 42.5 Å². The van der Waals surface area contributed by atoms with E-state index in [0.29, 0.717) is 18.5 Å². The lowest BCUT2D eigenvalue weighted by molar-refractivity contribution is 0.265. The van der Waals surface area contributed by atoms with E-state index in [0.717, 1.165) is 5.56 Å². The van der Waals surface area contributed by atoms with Gasteiger partial charge in [-0.25, -0.2) is 0 Å². The van der Waals surface area contributed by atoms with Gasteiger partial charge in [0.2, 0.25) is 0 Å². The Hall–Kier alpha value is -2.15. The third-order valence-electron chi connectivity index (χ3n) is 3.26. The fraction of sp³-hybridized carbons (Fsp3) is 0.235. The maximum Gasteiger partial charge on any atom is 0.0991 e. The molecule has 0 spiro atoms. The molecule has 0 aliphatic carbocycles. The lowest BCUT2D eigenvalue weighted by Gasteiger charge is -2.18. The van der Waals surface area contributed by atoms with Gasteiger partial charge in [0, 0.05) is 19.2 Å². The third-order valence-corrected chi connectivity index (χ3v) is 3.26. The topological polar surface area (TPSA) is 56.0 Å². The molecule has 0 saturated heterocycles. The summed E-state index contributed by atoms with van der Waals surface area (Å²) < 4.78 is 0. The highest BCUT2D eigenvalue weighted by Gasteiger charge is 2.09. The first-order chi connectivity index (χ1) is 9.83. The van der Waals surface area contributed by atoms with Gasteiger partial charge in [-0.15, -0.1) is 0 Å². The number of hydrogen-bond donors (Lipinski definition) is 2. The summed E-state index contributed by atoms with van der Waals surface area (Å²) in [5.41, 5.74) is 2.97. The Morgan fingerprint density at radius 2 is 1.75 bits per heavy atom. The van der Waals surface area contributed by atoms with E-state index >= 15 is 0 Å². The first-order valence-electron chi connectivity index (χ1n) is 6.71. The molecule has 2 rings (SSSR count). The average molecular weight is 266 g/mol.